The van der Waals surface area contributed by atoms with Crippen molar-refractivity contribution in [3.05, 3.63) is 35.9 Å². The molecule has 38 heavy (non-hydrogen) atoms. The number of rotatable bonds is 4. The molecule has 1 aliphatic heterocycles. The van der Waals surface area contributed by atoms with Crippen LogP contribution in [-0.4, -0.2) is 50.9 Å². The monoisotopic (exact) mass is 538 g/mol. The van der Waals surface area contributed by atoms with Gasteiger partial charge in [0.05, 0.1) is 12.0 Å². The van der Waals surface area contributed by atoms with Crippen molar-refractivity contribution >= 4 is 27.4 Å². The molecule has 0 radical (unpaired) electrons. The molecule has 3 saturated carbocycles. The van der Waals surface area contributed by atoms with Crippen molar-refractivity contribution in [1.29, 1.82) is 0 Å². The number of likely N-dealkylation sites (tertiary alicyclic amines) is 1. The van der Waals surface area contributed by atoms with Crippen LogP contribution in [0, 0.1) is 34.5 Å². The number of nitrogens with zero attached hydrogens (tertiary/aromatic N) is 2. The Bertz CT molecular complexity index is 1330. The van der Waals surface area contributed by atoms with E-state index in [1.165, 1.54) is 5.57 Å². The van der Waals surface area contributed by atoms with Gasteiger partial charge in [-0.3, -0.25) is 9.59 Å². The average Bonchev–Trinajstić information content (AvgIpc) is 3.60. The van der Waals surface area contributed by atoms with E-state index in [1.807, 2.05) is 6.92 Å². The van der Waals surface area contributed by atoms with Crippen LogP contribution in [0.15, 0.2) is 45.2 Å². The minimum absolute atomic E-state index is 0.0533. The Labute approximate surface area is 225 Å². The van der Waals surface area contributed by atoms with E-state index in [0.717, 1.165) is 51.6 Å². The van der Waals surface area contributed by atoms with Crippen molar-refractivity contribution in [2.24, 2.45) is 38.9 Å². The first-order valence-corrected chi connectivity index (χ1v) is 15.5. The number of Topliss-reactive ketones (excluding diaryl/α,β-unsaturated/α-hetero) is 2. The van der Waals surface area contributed by atoms with Gasteiger partial charge in [0.25, 0.3) is 10.0 Å². The van der Waals surface area contributed by atoms with Crippen molar-refractivity contribution in [3.8, 4) is 5.75 Å². The summed E-state index contributed by atoms with van der Waals surface area (Å²) in [6.07, 6.45) is 8.47. The number of carbonyl (C=O) groups excluding carboxylic acids is 2. The molecule has 1 aromatic rings. The Balaban J connectivity index is 1.34. The van der Waals surface area contributed by atoms with Gasteiger partial charge in [0, 0.05) is 43.2 Å². The average molecular weight is 539 g/mol. The summed E-state index contributed by atoms with van der Waals surface area (Å²) in [6.45, 7) is 5.84. The molecule has 0 spiro atoms. The third-order valence-electron chi connectivity index (χ3n) is 10.5. The van der Waals surface area contributed by atoms with E-state index >= 15 is 0 Å². The van der Waals surface area contributed by atoms with Crippen LogP contribution in [0.3, 0.4) is 0 Å². The fraction of sp³-hybridized carbons (Fsp3) is 0.633. The molecule has 4 aliphatic carbocycles. The Hall–Kier alpha value is -2.48. The molecule has 6 atom stereocenters. The molecule has 4 fully saturated rings. The van der Waals surface area contributed by atoms with Crippen LogP contribution < -0.4 is 4.74 Å². The van der Waals surface area contributed by atoms with Gasteiger partial charge in [-0.2, -0.15) is 8.42 Å². The zero-order valence-corrected chi connectivity index (χ0v) is 23.4. The highest BCUT2D eigenvalue weighted by atomic mass is 32.2. The maximum Gasteiger partial charge on any atom is 0.283 e. The zero-order valence-electron chi connectivity index (χ0n) is 22.6. The Morgan fingerprint density at radius 1 is 1.08 bits per heavy atom. The van der Waals surface area contributed by atoms with Crippen molar-refractivity contribution in [2.75, 3.05) is 20.2 Å². The smallest absolute Gasteiger partial charge is 0.283 e. The molecular formula is C30H38N2O5S. The molecule has 7 nitrogen and oxygen atoms in total. The van der Waals surface area contributed by atoms with Crippen LogP contribution in [0.4, 0.5) is 0 Å². The number of hydrogen-bond acceptors (Lipinski definition) is 5. The van der Waals surface area contributed by atoms with Crippen molar-refractivity contribution in [1.82, 2.24) is 4.90 Å². The molecule has 0 N–H and O–H groups in total. The fourth-order valence-corrected chi connectivity index (χ4v) is 9.76. The third kappa shape index (κ3) is 3.89. The highest BCUT2D eigenvalue weighted by Crippen LogP contribution is 2.64. The standard InChI is InChI=1S/C30H38N2O5S/c1-29-17-19(16-20(29)6-11-23-24-12-13-26(34)30(24,2)18-25(33)27(23)29)28(32-14-4-5-15-32)31-38(35,36)22-9-7-21(37-3)8-10-22/h6-10,19,23-24,27H,4-5,11-18H2,1-3H3/b31-28-. The van der Waals surface area contributed by atoms with Gasteiger partial charge in [-0.1, -0.05) is 25.5 Å². The van der Waals surface area contributed by atoms with Gasteiger partial charge in [0.15, 0.2) is 0 Å². The summed E-state index contributed by atoms with van der Waals surface area (Å²) in [7, 11) is -2.35. The molecule has 6 unspecified atom stereocenters. The minimum Gasteiger partial charge on any atom is -0.497 e. The number of allylic oxidation sites excluding steroid dienone is 2. The second-order valence-electron chi connectivity index (χ2n) is 12.6. The van der Waals surface area contributed by atoms with E-state index in [-0.39, 0.29) is 45.5 Å². The number of ether oxygens (including phenoxy) is 1. The van der Waals surface area contributed by atoms with Gasteiger partial charge >= 0.3 is 0 Å². The van der Waals surface area contributed by atoms with Crippen molar-refractivity contribution < 1.29 is 22.7 Å². The highest BCUT2D eigenvalue weighted by Gasteiger charge is 2.63. The van der Waals surface area contributed by atoms with Crippen molar-refractivity contribution in [2.45, 2.75) is 70.1 Å². The first-order valence-electron chi connectivity index (χ1n) is 14.1. The molecule has 0 amide bonds. The number of carbonyl (C=O) groups is 2. The Kier molecular flexibility index (Phi) is 6.13. The predicted octanol–water partition coefficient (Wildman–Crippen LogP) is 4.82. The van der Waals surface area contributed by atoms with Crippen LogP contribution >= 0.6 is 0 Å². The first-order chi connectivity index (χ1) is 18.1. The summed E-state index contributed by atoms with van der Waals surface area (Å²) in [4.78, 5) is 28.8. The number of methoxy groups -OCH3 is 1. The molecule has 0 bridgehead atoms. The van der Waals surface area contributed by atoms with E-state index in [2.05, 4.69) is 22.3 Å². The van der Waals surface area contributed by atoms with E-state index in [9.17, 15) is 18.0 Å². The van der Waals surface area contributed by atoms with Crippen LogP contribution in [-0.2, 0) is 19.6 Å². The molecule has 6 rings (SSSR count). The first kappa shape index (κ1) is 25.8. The molecule has 8 heteroatoms. The second-order valence-corrected chi connectivity index (χ2v) is 14.2. The third-order valence-corrected chi connectivity index (χ3v) is 11.8. The maximum absolute atomic E-state index is 13.7. The predicted molar refractivity (Wildman–Crippen MR) is 144 cm³/mol. The van der Waals surface area contributed by atoms with Crippen LogP contribution in [0.5, 0.6) is 5.75 Å². The number of fused-ring (bicyclic) bond motifs is 5. The molecule has 1 heterocycles. The van der Waals surface area contributed by atoms with E-state index in [4.69, 9.17) is 4.74 Å². The number of benzene rings is 1. The molecular weight excluding hydrogens is 500 g/mol. The summed E-state index contributed by atoms with van der Waals surface area (Å²) in [6, 6.07) is 6.37. The number of ketones is 2. The van der Waals surface area contributed by atoms with E-state index in [1.54, 1.807) is 31.4 Å². The lowest BCUT2D eigenvalue weighted by atomic mass is 9.50. The van der Waals surface area contributed by atoms with Crippen LogP contribution in [0.25, 0.3) is 0 Å². The second kappa shape index (κ2) is 9.04. The lowest BCUT2D eigenvalue weighted by molar-refractivity contribution is -0.147. The van der Waals surface area contributed by atoms with Gasteiger partial charge < -0.3 is 9.64 Å². The largest absolute Gasteiger partial charge is 0.497 e. The van der Waals surface area contributed by atoms with Gasteiger partial charge in [-0.05, 0) is 80.0 Å². The molecule has 0 aromatic heterocycles. The topological polar surface area (TPSA) is 93.1 Å². The van der Waals surface area contributed by atoms with Gasteiger partial charge in [-0.25, -0.2) is 0 Å². The Morgan fingerprint density at radius 2 is 1.79 bits per heavy atom. The Morgan fingerprint density at radius 3 is 2.47 bits per heavy atom. The maximum atomic E-state index is 13.7. The van der Waals surface area contributed by atoms with E-state index < -0.39 is 15.4 Å². The lowest BCUT2D eigenvalue weighted by Crippen LogP contribution is -2.53. The lowest BCUT2D eigenvalue weighted by Gasteiger charge is -2.52. The zero-order chi connectivity index (χ0) is 26.9. The summed E-state index contributed by atoms with van der Waals surface area (Å²) in [5.74, 6) is 2.02. The minimum atomic E-state index is -3.91. The molecule has 5 aliphatic rings. The molecule has 1 saturated heterocycles. The molecule has 204 valence electrons. The number of amidine groups is 1. The normalized spacial score (nSPS) is 37.1. The molecule has 1 aromatic carbocycles. The van der Waals surface area contributed by atoms with Crippen LogP contribution in [0.2, 0.25) is 0 Å². The summed E-state index contributed by atoms with van der Waals surface area (Å²) >= 11 is 0. The van der Waals surface area contributed by atoms with Gasteiger partial charge in [0.2, 0.25) is 0 Å². The quantitative estimate of drug-likeness (QED) is 0.310. The van der Waals surface area contributed by atoms with Gasteiger partial charge in [0.1, 0.15) is 23.2 Å². The SMILES string of the molecule is COc1ccc(S(=O)(=O)/N=C(/C2CC3=CCC4C5CCC(=O)C5(C)CC(=O)C4C3(C)C2)N2CCCC2)cc1. The number of hydrogen-bond donors (Lipinski definition) is 0. The van der Waals surface area contributed by atoms with Crippen molar-refractivity contribution in [3.63, 3.8) is 0 Å². The van der Waals surface area contributed by atoms with Crippen LogP contribution in [0.1, 0.15) is 65.2 Å². The summed E-state index contributed by atoms with van der Waals surface area (Å²) in [5.41, 5.74) is 0.452. The summed E-state index contributed by atoms with van der Waals surface area (Å²) in [5, 5.41) is 0. The fourth-order valence-electron chi connectivity index (χ4n) is 8.66. The highest BCUT2D eigenvalue weighted by molar-refractivity contribution is 7.90. The summed E-state index contributed by atoms with van der Waals surface area (Å²) < 4.78 is 36.6. The van der Waals surface area contributed by atoms with Gasteiger partial charge in [-0.15, -0.1) is 4.40 Å². The van der Waals surface area contributed by atoms with E-state index in [0.29, 0.717) is 24.4 Å². The number of sulfonamides is 1.